The lowest BCUT2D eigenvalue weighted by atomic mass is 10.1. The minimum atomic E-state index is 0.845. The fourth-order valence-corrected chi connectivity index (χ4v) is 2.85. The molecule has 2 aromatic rings. The van der Waals surface area contributed by atoms with E-state index in [4.69, 9.17) is 0 Å². The molecule has 5 heteroatoms. The van der Waals surface area contributed by atoms with E-state index in [0.717, 1.165) is 56.5 Å². The first kappa shape index (κ1) is 15.7. The van der Waals surface area contributed by atoms with Gasteiger partial charge in [0.1, 0.15) is 18.0 Å². The highest BCUT2D eigenvalue weighted by Crippen LogP contribution is 2.20. The van der Waals surface area contributed by atoms with Crippen molar-refractivity contribution in [1.29, 1.82) is 0 Å². The number of aryl methyl sites for hydroxylation is 1. The zero-order chi connectivity index (χ0) is 16.1. The number of piperazine rings is 1. The minimum Gasteiger partial charge on any atom is -0.354 e. The van der Waals surface area contributed by atoms with Crippen LogP contribution in [0.4, 0.5) is 17.3 Å². The molecule has 1 aromatic carbocycles. The molecule has 1 aliphatic rings. The fraction of sp³-hybridized carbons (Fsp3) is 0.444. The Labute approximate surface area is 138 Å². The second-order valence-electron chi connectivity index (χ2n) is 5.86. The summed E-state index contributed by atoms with van der Waals surface area (Å²) >= 11 is 0. The van der Waals surface area contributed by atoms with Crippen LogP contribution in [0.1, 0.15) is 19.4 Å². The molecule has 1 saturated heterocycles. The van der Waals surface area contributed by atoms with Gasteiger partial charge in [-0.1, -0.05) is 26.0 Å². The summed E-state index contributed by atoms with van der Waals surface area (Å²) in [5.41, 5.74) is 2.40. The molecule has 1 N–H and O–H groups in total. The maximum atomic E-state index is 4.44. The monoisotopic (exact) mass is 311 g/mol. The Balaban J connectivity index is 1.67. The van der Waals surface area contributed by atoms with Gasteiger partial charge in [0.25, 0.3) is 0 Å². The quantitative estimate of drug-likeness (QED) is 0.920. The van der Waals surface area contributed by atoms with Crippen molar-refractivity contribution in [2.45, 2.75) is 20.3 Å². The maximum absolute atomic E-state index is 4.44. The summed E-state index contributed by atoms with van der Waals surface area (Å²) in [6.07, 6.45) is 2.70. The summed E-state index contributed by atoms with van der Waals surface area (Å²) in [5, 5.41) is 3.37. The van der Waals surface area contributed by atoms with Gasteiger partial charge in [-0.25, -0.2) is 9.97 Å². The topological polar surface area (TPSA) is 44.3 Å². The van der Waals surface area contributed by atoms with Crippen LogP contribution < -0.4 is 10.2 Å². The average Bonchev–Trinajstić information content (AvgIpc) is 2.63. The summed E-state index contributed by atoms with van der Waals surface area (Å²) in [4.78, 5) is 13.6. The summed E-state index contributed by atoms with van der Waals surface area (Å²) in [6, 6.07) is 10.5. The lowest BCUT2D eigenvalue weighted by molar-refractivity contribution is 0.270. The number of aromatic nitrogens is 2. The predicted octanol–water partition coefficient (Wildman–Crippen LogP) is 2.92. The van der Waals surface area contributed by atoms with Crippen LogP contribution in [-0.2, 0) is 6.42 Å². The van der Waals surface area contributed by atoms with E-state index in [1.165, 1.54) is 5.56 Å². The molecule has 0 saturated carbocycles. The first-order valence-corrected chi connectivity index (χ1v) is 8.43. The van der Waals surface area contributed by atoms with E-state index in [-0.39, 0.29) is 0 Å². The molecule has 0 atom stereocenters. The second kappa shape index (κ2) is 7.42. The molecule has 23 heavy (non-hydrogen) atoms. The molecule has 1 aromatic heterocycles. The van der Waals surface area contributed by atoms with Gasteiger partial charge in [0, 0.05) is 37.9 Å². The van der Waals surface area contributed by atoms with Gasteiger partial charge in [0.2, 0.25) is 0 Å². The van der Waals surface area contributed by atoms with Gasteiger partial charge in [-0.3, -0.25) is 0 Å². The number of likely N-dealkylation sites (N-methyl/N-ethyl adjacent to an activating group) is 1. The molecule has 0 unspecified atom stereocenters. The summed E-state index contributed by atoms with van der Waals surface area (Å²) < 4.78 is 0. The largest absolute Gasteiger partial charge is 0.354 e. The normalized spacial score (nSPS) is 15.7. The average molecular weight is 311 g/mol. The van der Waals surface area contributed by atoms with Crippen molar-refractivity contribution in [3.8, 4) is 0 Å². The van der Waals surface area contributed by atoms with Gasteiger partial charge in [-0.2, -0.15) is 0 Å². The minimum absolute atomic E-state index is 0.845. The van der Waals surface area contributed by atoms with E-state index < -0.39 is 0 Å². The van der Waals surface area contributed by atoms with Gasteiger partial charge < -0.3 is 15.1 Å². The van der Waals surface area contributed by atoms with Crippen molar-refractivity contribution < 1.29 is 0 Å². The van der Waals surface area contributed by atoms with E-state index in [2.05, 4.69) is 63.2 Å². The Morgan fingerprint density at radius 1 is 1.00 bits per heavy atom. The van der Waals surface area contributed by atoms with Gasteiger partial charge in [0.15, 0.2) is 0 Å². The molecular formula is C18H25N5. The van der Waals surface area contributed by atoms with Crippen LogP contribution in [0.5, 0.6) is 0 Å². The van der Waals surface area contributed by atoms with Crippen molar-refractivity contribution in [3.63, 3.8) is 0 Å². The molecule has 0 spiro atoms. The molecule has 3 rings (SSSR count). The van der Waals surface area contributed by atoms with E-state index >= 15 is 0 Å². The van der Waals surface area contributed by atoms with E-state index in [0.29, 0.717) is 0 Å². The van der Waals surface area contributed by atoms with E-state index in [1.807, 2.05) is 6.07 Å². The number of anilines is 3. The summed E-state index contributed by atoms with van der Waals surface area (Å²) in [6.45, 7) is 9.75. The third-order valence-electron chi connectivity index (χ3n) is 4.43. The molecule has 5 nitrogen and oxygen atoms in total. The standard InChI is InChI=1S/C18H25N5/c1-3-15-5-7-16(8-6-15)21-17-13-18(20-14-19-17)23-11-9-22(4-2)10-12-23/h5-8,13-14H,3-4,9-12H2,1-2H3,(H,19,20,21). The van der Waals surface area contributed by atoms with Crippen molar-refractivity contribution in [2.24, 2.45) is 0 Å². The van der Waals surface area contributed by atoms with Crippen LogP contribution in [-0.4, -0.2) is 47.6 Å². The Bertz CT molecular complexity index is 618. The third kappa shape index (κ3) is 3.99. The third-order valence-corrected chi connectivity index (χ3v) is 4.43. The number of hydrogen-bond donors (Lipinski definition) is 1. The Morgan fingerprint density at radius 3 is 2.39 bits per heavy atom. The lowest BCUT2D eigenvalue weighted by Gasteiger charge is -2.34. The first-order chi connectivity index (χ1) is 11.3. The molecule has 0 aliphatic carbocycles. The van der Waals surface area contributed by atoms with Crippen LogP contribution in [0, 0.1) is 0 Å². The molecule has 0 amide bonds. The smallest absolute Gasteiger partial charge is 0.135 e. The van der Waals surface area contributed by atoms with E-state index in [1.54, 1.807) is 6.33 Å². The molecule has 1 fully saturated rings. The van der Waals surface area contributed by atoms with Crippen molar-refractivity contribution in [1.82, 2.24) is 14.9 Å². The fourth-order valence-electron chi connectivity index (χ4n) is 2.85. The Morgan fingerprint density at radius 2 is 1.74 bits per heavy atom. The SMILES string of the molecule is CCc1ccc(Nc2cc(N3CCN(CC)CC3)ncn2)cc1. The maximum Gasteiger partial charge on any atom is 0.135 e. The van der Waals surface area contributed by atoms with Crippen LogP contribution >= 0.6 is 0 Å². The van der Waals surface area contributed by atoms with Crippen LogP contribution in [0.25, 0.3) is 0 Å². The van der Waals surface area contributed by atoms with Crippen molar-refractivity contribution in [3.05, 3.63) is 42.2 Å². The lowest BCUT2D eigenvalue weighted by Crippen LogP contribution is -2.46. The first-order valence-electron chi connectivity index (χ1n) is 8.43. The Kier molecular flexibility index (Phi) is 5.08. The van der Waals surface area contributed by atoms with Gasteiger partial charge in [-0.05, 0) is 30.7 Å². The van der Waals surface area contributed by atoms with Crippen molar-refractivity contribution in [2.75, 3.05) is 42.9 Å². The molecular weight excluding hydrogens is 286 g/mol. The van der Waals surface area contributed by atoms with Crippen LogP contribution in [0.3, 0.4) is 0 Å². The van der Waals surface area contributed by atoms with Crippen LogP contribution in [0.2, 0.25) is 0 Å². The molecule has 1 aliphatic heterocycles. The highest BCUT2D eigenvalue weighted by atomic mass is 15.3. The summed E-state index contributed by atoms with van der Waals surface area (Å²) in [5.74, 6) is 1.85. The zero-order valence-corrected chi connectivity index (χ0v) is 14.0. The van der Waals surface area contributed by atoms with Crippen molar-refractivity contribution >= 4 is 17.3 Å². The van der Waals surface area contributed by atoms with Gasteiger partial charge in [0.05, 0.1) is 0 Å². The predicted molar refractivity (Wildman–Crippen MR) is 95.5 cm³/mol. The number of nitrogens with one attached hydrogen (secondary N) is 1. The van der Waals surface area contributed by atoms with E-state index in [9.17, 15) is 0 Å². The highest BCUT2D eigenvalue weighted by molar-refractivity contribution is 5.59. The summed E-state index contributed by atoms with van der Waals surface area (Å²) in [7, 11) is 0. The zero-order valence-electron chi connectivity index (χ0n) is 14.0. The second-order valence-corrected chi connectivity index (χ2v) is 5.86. The molecule has 2 heterocycles. The number of hydrogen-bond acceptors (Lipinski definition) is 5. The van der Waals surface area contributed by atoms with Crippen LogP contribution in [0.15, 0.2) is 36.7 Å². The Hall–Kier alpha value is -2.14. The number of nitrogens with zero attached hydrogens (tertiary/aromatic N) is 4. The number of rotatable bonds is 5. The molecule has 0 bridgehead atoms. The highest BCUT2D eigenvalue weighted by Gasteiger charge is 2.17. The molecule has 0 radical (unpaired) electrons. The van der Waals surface area contributed by atoms with Gasteiger partial charge in [-0.15, -0.1) is 0 Å². The molecule has 122 valence electrons. The van der Waals surface area contributed by atoms with Gasteiger partial charge >= 0.3 is 0 Å². The number of benzene rings is 1.